The third kappa shape index (κ3) is 3.77. The summed E-state index contributed by atoms with van der Waals surface area (Å²) in [7, 11) is 2.10. The Kier molecular flexibility index (Phi) is 5.05. The Morgan fingerprint density at radius 3 is 2.78 bits per heavy atom. The standard InChI is InChI=1S/C18H22ClFN2O/c1-21-9-6-13(7-10-21)18(23)17-3-2-8-22(17)12-14-11-15(19)4-5-16(14)20/h2-5,8,11,13,18,23H,6-7,9-10,12H2,1H3. The summed E-state index contributed by atoms with van der Waals surface area (Å²) in [5.41, 5.74) is 1.38. The lowest BCUT2D eigenvalue weighted by molar-refractivity contribution is 0.0602. The Bertz CT molecular complexity index is 665. The van der Waals surface area contributed by atoms with Crippen LogP contribution in [0, 0.1) is 11.7 Å². The number of nitrogens with zero attached hydrogens (tertiary/aromatic N) is 2. The second-order valence-corrected chi connectivity index (χ2v) is 6.82. The van der Waals surface area contributed by atoms with Crippen molar-refractivity contribution in [2.24, 2.45) is 5.92 Å². The summed E-state index contributed by atoms with van der Waals surface area (Å²) in [6.07, 6.45) is 3.33. The van der Waals surface area contributed by atoms with Crippen LogP contribution in [0.1, 0.15) is 30.2 Å². The van der Waals surface area contributed by atoms with Crippen molar-refractivity contribution < 1.29 is 9.50 Å². The van der Waals surface area contributed by atoms with Crippen molar-refractivity contribution in [3.8, 4) is 0 Å². The van der Waals surface area contributed by atoms with E-state index < -0.39 is 6.10 Å². The zero-order valence-electron chi connectivity index (χ0n) is 13.3. The van der Waals surface area contributed by atoms with Gasteiger partial charge in [-0.15, -0.1) is 0 Å². The van der Waals surface area contributed by atoms with E-state index in [4.69, 9.17) is 11.6 Å². The number of hydrogen-bond donors (Lipinski definition) is 1. The molecule has 1 N–H and O–H groups in total. The fourth-order valence-electron chi connectivity index (χ4n) is 3.27. The van der Waals surface area contributed by atoms with E-state index in [1.54, 1.807) is 12.1 Å². The topological polar surface area (TPSA) is 28.4 Å². The first-order valence-electron chi connectivity index (χ1n) is 8.00. The molecule has 23 heavy (non-hydrogen) atoms. The predicted molar refractivity (Wildman–Crippen MR) is 90.1 cm³/mol. The summed E-state index contributed by atoms with van der Waals surface area (Å²) < 4.78 is 15.9. The van der Waals surface area contributed by atoms with Gasteiger partial charge in [0.1, 0.15) is 5.82 Å². The van der Waals surface area contributed by atoms with Crippen molar-refractivity contribution in [3.05, 3.63) is 58.6 Å². The molecule has 1 fully saturated rings. The van der Waals surface area contributed by atoms with Gasteiger partial charge in [0.25, 0.3) is 0 Å². The number of hydrogen-bond acceptors (Lipinski definition) is 2. The minimum absolute atomic E-state index is 0.254. The first kappa shape index (κ1) is 16.5. The molecule has 0 spiro atoms. The van der Waals surface area contributed by atoms with E-state index in [0.717, 1.165) is 31.6 Å². The van der Waals surface area contributed by atoms with Gasteiger partial charge in [0, 0.05) is 22.5 Å². The van der Waals surface area contributed by atoms with Crippen LogP contribution in [0.4, 0.5) is 4.39 Å². The van der Waals surface area contributed by atoms with Crippen LogP contribution < -0.4 is 0 Å². The number of benzene rings is 1. The monoisotopic (exact) mass is 336 g/mol. The van der Waals surface area contributed by atoms with Crippen LogP contribution in [0.15, 0.2) is 36.5 Å². The molecule has 1 aliphatic rings. The Balaban J connectivity index is 1.78. The molecule has 5 heteroatoms. The largest absolute Gasteiger partial charge is 0.387 e. The first-order chi connectivity index (χ1) is 11.0. The van der Waals surface area contributed by atoms with Crippen LogP contribution >= 0.6 is 11.6 Å². The maximum Gasteiger partial charge on any atom is 0.128 e. The van der Waals surface area contributed by atoms with Crippen LogP contribution in [0.5, 0.6) is 0 Å². The molecule has 2 aromatic rings. The summed E-state index contributed by atoms with van der Waals surface area (Å²) in [6.45, 7) is 2.38. The molecule has 1 atom stereocenters. The molecule has 0 radical (unpaired) electrons. The quantitative estimate of drug-likeness (QED) is 0.922. The predicted octanol–water partition coefficient (Wildman–Crippen LogP) is 3.70. The van der Waals surface area contributed by atoms with Gasteiger partial charge in [0.05, 0.1) is 12.6 Å². The second-order valence-electron chi connectivity index (χ2n) is 6.38. The minimum atomic E-state index is -0.513. The third-order valence-corrected chi connectivity index (χ3v) is 4.96. The Morgan fingerprint density at radius 2 is 2.04 bits per heavy atom. The maximum atomic E-state index is 14.0. The average Bonchev–Trinajstić information content (AvgIpc) is 2.99. The van der Waals surface area contributed by atoms with Crippen molar-refractivity contribution in [2.45, 2.75) is 25.5 Å². The summed E-state index contributed by atoms with van der Waals surface area (Å²) in [5.74, 6) is -0.0214. The van der Waals surface area contributed by atoms with E-state index in [2.05, 4.69) is 11.9 Å². The van der Waals surface area contributed by atoms with Crippen LogP contribution in [0.25, 0.3) is 0 Å². The van der Waals surface area contributed by atoms with Crippen LogP contribution in [0.2, 0.25) is 5.02 Å². The van der Waals surface area contributed by atoms with E-state index in [0.29, 0.717) is 17.1 Å². The lowest BCUT2D eigenvalue weighted by Crippen LogP contribution is -2.33. The van der Waals surface area contributed by atoms with Crippen LogP contribution in [-0.2, 0) is 6.54 Å². The third-order valence-electron chi connectivity index (χ3n) is 4.73. The number of aliphatic hydroxyl groups excluding tert-OH is 1. The zero-order chi connectivity index (χ0) is 16.4. The molecule has 0 aliphatic carbocycles. The Labute approximate surface area is 141 Å². The molecule has 1 aliphatic heterocycles. The van der Waals surface area contributed by atoms with Gasteiger partial charge in [-0.2, -0.15) is 0 Å². The van der Waals surface area contributed by atoms with Crippen molar-refractivity contribution in [1.82, 2.24) is 9.47 Å². The van der Waals surface area contributed by atoms with Gasteiger partial charge in [-0.05, 0) is 69.2 Å². The molecule has 124 valence electrons. The highest BCUT2D eigenvalue weighted by atomic mass is 35.5. The molecule has 3 rings (SSSR count). The van der Waals surface area contributed by atoms with Gasteiger partial charge in [-0.1, -0.05) is 11.6 Å². The normalized spacial score (nSPS) is 18.3. The van der Waals surface area contributed by atoms with Crippen molar-refractivity contribution in [3.63, 3.8) is 0 Å². The van der Waals surface area contributed by atoms with Crippen LogP contribution in [-0.4, -0.2) is 34.7 Å². The molecular weight excluding hydrogens is 315 g/mol. The molecule has 1 saturated heterocycles. The fourth-order valence-corrected chi connectivity index (χ4v) is 3.47. The molecule has 3 nitrogen and oxygen atoms in total. The van der Waals surface area contributed by atoms with Gasteiger partial charge >= 0.3 is 0 Å². The maximum absolute atomic E-state index is 14.0. The Morgan fingerprint density at radius 1 is 1.30 bits per heavy atom. The van der Waals surface area contributed by atoms with Crippen LogP contribution in [0.3, 0.4) is 0 Å². The molecule has 0 bridgehead atoms. The van der Waals surface area contributed by atoms with Gasteiger partial charge in [0.2, 0.25) is 0 Å². The summed E-state index contributed by atoms with van der Waals surface area (Å²) >= 11 is 5.96. The van der Waals surface area contributed by atoms with E-state index >= 15 is 0 Å². The second kappa shape index (κ2) is 7.04. The summed E-state index contributed by atoms with van der Waals surface area (Å²) in [6, 6.07) is 8.39. The molecule has 1 aromatic carbocycles. The van der Waals surface area contributed by atoms with E-state index in [-0.39, 0.29) is 11.7 Å². The summed E-state index contributed by atoms with van der Waals surface area (Å²) in [5, 5.41) is 11.3. The smallest absolute Gasteiger partial charge is 0.128 e. The zero-order valence-corrected chi connectivity index (χ0v) is 14.0. The van der Waals surface area contributed by atoms with Gasteiger partial charge in [-0.25, -0.2) is 4.39 Å². The molecule has 1 unspecified atom stereocenters. The molecule has 0 amide bonds. The van der Waals surface area contributed by atoms with E-state index in [1.165, 1.54) is 6.07 Å². The number of piperidine rings is 1. The molecule has 2 heterocycles. The van der Waals surface area contributed by atoms with E-state index in [9.17, 15) is 9.50 Å². The van der Waals surface area contributed by atoms with Crippen molar-refractivity contribution in [2.75, 3.05) is 20.1 Å². The Hall–Kier alpha value is -1.36. The van der Waals surface area contributed by atoms with Gasteiger partial charge in [0.15, 0.2) is 0 Å². The number of likely N-dealkylation sites (tertiary alicyclic amines) is 1. The molecule has 0 saturated carbocycles. The highest BCUT2D eigenvalue weighted by Gasteiger charge is 2.26. The summed E-state index contributed by atoms with van der Waals surface area (Å²) in [4.78, 5) is 2.28. The molecular formula is C18H22ClFN2O. The number of aromatic nitrogens is 1. The number of halogens is 2. The average molecular weight is 337 g/mol. The van der Waals surface area contributed by atoms with Gasteiger partial charge in [-0.3, -0.25) is 0 Å². The highest BCUT2D eigenvalue weighted by molar-refractivity contribution is 6.30. The van der Waals surface area contributed by atoms with E-state index in [1.807, 2.05) is 22.9 Å². The number of rotatable bonds is 4. The lowest BCUT2D eigenvalue weighted by Gasteiger charge is -2.32. The van der Waals surface area contributed by atoms with Gasteiger partial charge < -0.3 is 14.6 Å². The SMILES string of the molecule is CN1CCC(C(O)c2cccn2Cc2cc(Cl)ccc2F)CC1. The van der Waals surface area contributed by atoms with Crippen molar-refractivity contribution in [1.29, 1.82) is 0 Å². The van der Waals surface area contributed by atoms with Crippen molar-refractivity contribution >= 4 is 11.6 Å². The minimum Gasteiger partial charge on any atom is -0.387 e. The first-order valence-corrected chi connectivity index (χ1v) is 8.38. The molecule has 1 aromatic heterocycles. The fraction of sp³-hybridized carbons (Fsp3) is 0.444. The number of aliphatic hydroxyl groups is 1. The lowest BCUT2D eigenvalue weighted by atomic mass is 9.90. The highest BCUT2D eigenvalue weighted by Crippen LogP contribution is 2.31.